The molecule has 0 heterocycles. The monoisotopic (exact) mass is 227 g/mol. The normalized spacial score (nSPS) is 20.1. The second kappa shape index (κ2) is 8.23. The lowest BCUT2D eigenvalue weighted by atomic mass is 10.0. The predicted molar refractivity (Wildman–Crippen MR) is 71.6 cm³/mol. The summed E-state index contributed by atoms with van der Waals surface area (Å²) in [5.74, 6) is 1.25. The van der Waals surface area contributed by atoms with Crippen molar-refractivity contribution in [1.82, 2.24) is 5.32 Å². The van der Waals surface area contributed by atoms with E-state index in [0.717, 1.165) is 18.2 Å². The largest absolute Gasteiger partial charge is 0.313 e. The Kier molecular flexibility index (Phi) is 7.20. The molecule has 88 valence electrons. The molecule has 15 heavy (non-hydrogen) atoms. The minimum Gasteiger partial charge on any atom is -0.313 e. The highest BCUT2D eigenvalue weighted by atomic mass is 32.2. The van der Waals surface area contributed by atoms with E-state index in [9.17, 15) is 0 Å². The van der Waals surface area contributed by atoms with Crippen LogP contribution in [0.15, 0.2) is 12.7 Å². The fourth-order valence-corrected chi connectivity index (χ4v) is 3.61. The lowest BCUT2D eigenvalue weighted by molar-refractivity contribution is 0.513. The van der Waals surface area contributed by atoms with Crippen molar-refractivity contribution in [3.8, 4) is 0 Å². The van der Waals surface area contributed by atoms with Crippen molar-refractivity contribution in [2.45, 2.75) is 56.7 Å². The fraction of sp³-hybridized carbons (Fsp3) is 0.846. The SMILES string of the molecule is C=CCC(CSC1CCCCC1)NCC. The number of hydrogen-bond donors (Lipinski definition) is 1. The van der Waals surface area contributed by atoms with Crippen molar-refractivity contribution in [2.24, 2.45) is 0 Å². The third kappa shape index (κ3) is 5.62. The molecule has 1 nitrogen and oxygen atoms in total. The van der Waals surface area contributed by atoms with Crippen molar-refractivity contribution >= 4 is 11.8 Å². The summed E-state index contributed by atoms with van der Waals surface area (Å²) in [6.07, 6.45) is 10.4. The Morgan fingerprint density at radius 3 is 2.73 bits per heavy atom. The first-order chi connectivity index (χ1) is 7.36. The molecule has 1 aliphatic carbocycles. The highest BCUT2D eigenvalue weighted by Gasteiger charge is 2.15. The molecule has 2 heteroatoms. The molecule has 0 aromatic heterocycles. The van der Waals surface area contributed by atoms with Crippen molar-refractivity contribution in [3.05, 3.63) is 12.7 Å². The molecule has 0 aromatic carbocycles. The Morgan fingerprint density at radius 1 is 1.40 bits per heavy atom. The first kappa shape index (κ1) is 13.1. The average molecular weight is 227 g/mol. The van der Waals surface area contributed by atoms with Gasteiger partial charge in [-0.1, -0.05) is 32.3 Å². The highest BCUT2D eigenvalue weighted by Crippen LogP contribution is 2.28. The summed E-state index contributed by atoms with van der Waals surface area (Å²) < 4.78 is 0. The molecule has 1 rings (SSSR count). The fourth-order valence-electron chi connectivity index (χ4n) is 2.18. The third-order valence-corrected chi connectivity index (χ3v) is 4.57. The van der Waals surface area contributed by atoms with Gasteiger partial charge in [0.1, 0.15) is 0 Å². The van der Waals surface area contributed by atoms with E-state index in [1.807, 2.05) is 6.08 Å². The Hall–Kier alpha value is 0.0500. The van der Waals surface area contributed by atoms with Gasteiger partial charge in [0, 0.05) is 17.0 Å². The molecule has 0 bridgehead atoms. The Balaban J connectivity index is 2.16. The minimum atomic E-state index is 0.638. The van der Waals surface area contributed by atoms with E-state index >= 15 is 0 Å². The third-order valence-electron chi connectivity index (χ3n) is 3.03. The van der Waals surface area contributed by atoms with Crippen molar-refractivity contribution in [3.63, 3.8) is 0 Å². The minimum absolute atomic E-state index is 0.638. The van der Waals surface area contributed by atoms with E-state index in [1.54, 1.807) is 0 Å². The molecule has 0 amide bonds. The van der Waals surface area contributed by atoms with E-state index in [1.165, 1.54) is 37.9 Å². The summed E-state index contributed by atoms with van der Waals surface area (Å²) in [6, 6.07) is 0.638. The van der Waals surface area contributed by atoms with Gasteiger partial charge in [0.2, 0.25) is 0 Å². The molecule has 1 unspecified atom stereocenters. The van der Waals surface area contributed by atoms with Gasteiger partial charge in [0.05, 0.1) is 0 Å². The van der Waals surface area contributed by atoms with Gasteiger partial charge in [-0.2, -0.15) is 11.8 Å². The van der Waals surface area contributed by atoms with Crippen LogP contribution in [0.4, 0.5) is 0 Å². The van der Waals surface area contributed by atoms with Gasteiger partial charge in [0.15, 0.2) is 0 Å². The molecule has 1 fully saturated rings. The van der Waals surface area contributed by atoms with Gasteiger partial charge in [-0.25, -0.2) is 0 Å². The van der Waals surface area contributed by atoms with Crippen LogP contribution in [0.2, 0.25) is 0 Å². The van der Waals surface area contributed by atoms with E-state index in [2.05, 4.69) is 30.6 Å². The van der Waals surface area contributed by atoms with E-state index < -0.39 is 0 Å². The lowest BCUT2D eigenvalue weighted by Gasteiger charge is -2.23. The molecule has 0 aromatic rings. The standard InChI is InChI=1S/C13H25NS/c1-3-8-12(14-4-2)11-15-13-9-6-5-7-10-13/h3,12-14H,1,4-11H2,2H3. The number of rotatable bonds is 7. The van der Waals surface area contributed by atoms with Crippen LogP contribution in [0.3, 0.4) is 0 Å². The maximum Gasteiger partial charge on any atom is 0.0192 e. The van der Waals surface area contributed by atoms with Crippen LogP contribution in [0, 0.1) is 0 Å². The molecule has 0 saturated heterocycles. The Bertz CT molecular complexity index is 164. The van der Waals surface area contributed by atoms with Crippen LogP contribution in [0.5, 0.6) is 0 Å². The van der Waals surface area contributed by atoms with Gasteiger partial charge in [-0.05, 0) is 25.8 Å². The zero-order valence-electron chi connectivity index (χ0n) is 10.0. The van der Waals surface area contributed by atoms with E-state index in [-0.39, 0.29) is 0 Å². The van der Waals surface area contributed by atoms with E-state index in [4.69, 9.17) is 0 Å². The summed E-state index contributed by atoms with van der Waals surface area (Å²) in [6.45, 7) is 7.08. The Labute approximate surface area is 99.1 Å². The summed E-state index contributed by atoms with van der Waals surface area (Å²) in [7, 11) is 0. The second-order valence-electron chi connectivity index (χ2n) is 4.37. The second-order valence-corrected chi connectivity index (χ2v) is 5.71. The van der Waals surface area contributed by atoms with Crippen LogP contribution in [0.1, 0.15) is 45.4 Å². The molecular formula is C13H25NS. The topological polar surface area (TPSA) is 12.0 Å². The molecular weight excluding hydrogens is 202 g/mol. The number of hydrogen-bond acceptors (Lipinski definition) is 2. The molecule has 0 spiro atoms. The van der Waals surface area contributed by atoms with Gasteiger partial charge in [-0.3, -0.25) is 0 Å². The molecule has 0 radical (unpaired) electrons. The van der Waals surface area contributed by atoms with Gasteiger partial charge in [0.25, 0.3) is 0 Å². The van der Waals surface area contributed by atoms with Crippen LogP contribution >= 0.6 is 11.8 Å². The number of thioether (sulfide) groups is 1. The van der Waals surface area contributed by atoms with E-state index in [0.29, 0.717) is 6.04 Å². The van der Waals surface area contributed by atoms with Crippen molar-refractivity contribution in [1.29, 1.82) is 0 Å². The molecule has 1 atom stereocenters. The van der Waals surface area contributed by atoms with Crippen molar-refractivity contribution < 1.29 is 0 Å². The van der Waals surface area contributed by atoms with Crippen molar-refractivity contribution in [2.75, 3.05) is 12.3 Å². The first-order valence-electron chi connectivity index (χ1n) is 6.32. The van der Waals surface area contributed by atoms with Gasteiger partial charge < -0.3 is 5.32 Å². The lowest BCUT2D eigenvalue weighted by Crippen LogP contribution is -2.31. The predicted octanol–water partition coefficient (Wildman–Crippen LogP) is 3.61. The number of nitrogens with one attached hydrogen (secondary N) is 1. The smallest absolute Gasteiger partial charge is 0.0192 e. The molecule has 0 aliphatic heterocycles. The van der Waals surface area contributed by atoms with Crippen LogP contribution < -0.4 is 5.32 Å². The molecule has 1 saturated carbocycles. The summed E-state index contributed by atoms with van der Waals surface area (Å²) in [5, 5.41) is 4.47. The quantitative estimate of drug-likeness (QED) is 0.667. The average Bonchev–Trinajstić information content (AvgIpc) is 2.28. The first-order valence-corrected chi connectivity index (χ1v) is 7.37. The maximum atomic E-state index is 3.83. The summed E-state index contributed by atoms with van der Waals surface area (Å²) in [5.41, 5.74) is 0. The van der Waals surface area contributed by atoms with Crippen LogP contribution in [0.25, 0.3) is 0 Å². The van der Waals surface area contributed by atoms with Gasteiger partial charge in [-0.15, -0.1) is 6.58 Å². The van der Waals surface area contributed by atoms with Crippen LogP contribution in [-0.2, 0) is 0 Å². The summed E-state index contributed by atoms with van der Waals surface area (Å²) in [4.78, 5) is 0. The molecule has 1 aliphatic rings. The zero-order valence-corrected chi connectivity index (χ0v) is 10.8. The molecule has 1 N–H and O–H groups in total. The highest BCUT2D eigenvalue weighted by molar-refractivity contribution is 7.99. The Morgan fingerprint density at radius 2 is 2.13 bits per heavy atom. The maximum absolute atomic E-state index is 3.83. The zero-order chi connectivity index (χ0) is 10.9. The van der Waals surface area contributed by atoms with Gasteiger partial charge >= 0.3 is 0 Å². The van der Waals surface area contributed by atoms with Crippen LogP contribution in [-0.4, -0.2) is 23.6 Å². The summed E-state index contributed by atoms with van der Waals surface area (Å²) >= 11 is 2.18.